The molecule has 1 saturated heterocycles. The highest BCUT2D eigenvalue weighted by atomic mass is 79.9. The Hall–Kier alpha value is -0.380. The Balaban J connectivity index is 2.20. The number of aliphatic hydroxyl groups is 1. The minimum Gasteiger partial charge on any atom is -0.390 e. The van der Waals surface area contributed by atoms with Crippen molar-refractivity contribution in [2.45, 2.75) is 18.4 Å². The molecule has 1 aliphatic rings. The SMILES string of the molecule is O[C@H]1COCCC1c1cccc(Br)c1. The zero-order chi connectivity index (χ0) is 9.97. The average Bonchev–Trinajstić information content (AvgIpc) is 2.18. The molecule has 14 heavy (non-hydrogen) atoms. The third-order valence-electron chi connectivity index (χ3n) is 2.60. The molecule has 1 heterocycles. The molecule has 2 atom stereocenters. The van der Waals surface area contributed by atoms with E-state index in [1.54, 1.807) is 0 Å². The zero-order valence-electron chi connectivity index (χ0n) is 7.82. The number of ether oxygens (including phenoxy) is 1. The number of halogens is 1. The number of hydrogen-bond acceptors (Lipinski definition) is 2. The molecule has 2 rings (SSSR count). The Bertz CT molecular complexity index is 314. The molecule has 1 aromatic rings. The normalized spacial score (nSPS) is 27.6. The van der Waals surface area contributed by atoms with E-state index in [2.05, 4.69) is 28.1 Å². The maximum absolute atomic E-state index is 9.77. The van der Waals surface area contributed by atoms with E-state index in [1.165, 1.54) is 5.56 Å². The lowest BCUT2D eigenvalue weighted by molar-refractivity contribution is -0.0205. The fraction of sp³-hybridized carbons (Fsp3) is 0.455. The van der Waals surface area contributed by atoms with Gasteiger partial charge >= 0.3 is 0 Å². The first kappa shape index (κ1) is 10.1. The van der Waals surface area contributed by atoms with E-state index in [4.69, 9.17) is 4.74 Å². The van der Waals surface area contributed by atoms with Gasteiger partial charge in [0.25, 0.3) is 0 Å². The molecule has 0 radical (unpaired) electrons. The zero-order valence-corrected chi connectivity index (χ0v) is 9.40. The van der Waals surface area contributed by atoms with Crippen molar-refractivity contribution in [3.63, 3.8) is 0 Å². The van der Waals surface area contributed by atoms with Gasteiger partial charge in [-0.2, -0.15) is 0 Å². The molecule has 0 amide bonds. The van der Waals surface area contributed by atoms with Crippen molar-refractivity contribution >= 4 is 15.9 Å². The van der Waals surface area contributed by atoms with Gasteiger partial charge in [0.1, 0.15) is 0 Å². The Morgan fingerprint density at radius 3 is 3.00 bits per heavy atom. The maximum atomic E-state index is 9.77. The summed E-state index contributed by atoms with van der Waals surface area (Å²) in [6.45, 7) is 1.20. The van der Waals surface area contributed by atoms with E-state index in [9.17, 15) is 5.11 Å². The van der Waals surface area contributed by atoms with Crippen LogP contribution in [-0.4, -0.2) is 24.4 Å². The Labute approximate surface area is 92.0 Å². The topological polar surface area (TPSA) is 29.5 Å². The minimum absolute atomic E-state index is 0.223. The molecule has 3 heteroatoms. The van der Waals surface area contributed by atoms with Crippen molar-refractivity contribution in [1.82, 2.24) is 0 Å². The van der Waals surface area contributed by atoms with Gasteiger partial charge < -0.3 is 9.84 Å². The van der Waals surface area contributed by atoms with Gasteiger partial charge in [-0.3, -0.25) is 0 Å². The molecule has 0 aromatic heterocycles. The minimum atomic E-state index is -0.363. The molecule has 0 saturated carbocycles. The van der Waals surface area contributed by atoms with Crippen LogP contribution in [0.15, 0.2) is 28.7 Å². The van der Waals surface area contributed by atoms with Gasteiger partial charge in [-0.25, -0.2) is 0 Å². The highest BCUT2D eigenvalue weighted by Gasteiger charge is 2.24. The van der Waals surface area contributed by atoms with Crippen LogP contribution in [0, 0.1) is 0 Å². The van der Waals surface area contributed by atoms with E-state index in [0.717, 1.165) is 17.5 Å². The lowest BCUT2D eigenvalue weighted by atomic mass is 9.89. The summed E-state index contributed by atoms with van der Waals surface area (Å²) in [5.74, 6) is 0.223. The highest BCUT2D eigenvalue weighted by Crippen LogP contribution is 2.28. The molecule has 1 N–H and O–H groups in total. The molecular formula is C11H13BrO2. The number of aliphatic hydroxyl groups excluding tert-OH is 1. The van der Waals surface area contributed by atoms with Crippen LogP contribution in [-0.2, 0) is 4.74 Å². The molecular weight excluding hydrogens is 244 g/mol. The van der Waals surface area contributed by atoms with Crippen LogP contribution >= 0.6 is 15.9 Å². The summed E-state index contributed by atoms with van der Waals surface area (Å²) in [6.07, 6.45) is 0.537. The first-order chi connectivity index (χ1) is 6.77. The second-order valence-electron chi connectivity index (χ2n) is 3.59. The van der Waals surface area contributed by atoms with Crippen molar-refractivity contribution in [3.8, 4) is 0 Å². The molecule has 0 spiro atoms. The molecule has 1 fully saturated rings. The van der Waals surface area contributed by atoms with Crippen molar-refractivity contribution in [2.24, 2.45) is 0 Å². The predicted molar refractivity (Wildman–Crippen MR) is 58.3 cm³/mol. The standard InChI is InChI=1S/C11H13BrO2/c12-9-3-1-2-8(6-9)10-4-5-14-7-11(10)13/h1-3,6,10-11,13H,4-5,7H2/t10?,11-/m0/s1. The number of rotatable bonds is 1. The fourth-order valence-corrected chi connectivity index (χ4v) is 2.27. The Morgan fingerprint density at radius 1 is 1.43 bits per heavy atom. The number of benzene rings is 1. The molecule has 76 valence electrons. The lowest BCUT2D eigenvalue weighted by Gasteiger charge is -2.28. The van der Waals surface area contributed by atoms with E-state index >= 15 is 0 Å². The van der Waals surface area contributed by atoms with Crippen LogP contribution in [0.5, 0.6) is 0 Å². The summed E-state index contributed by atoms with van der Waals surface area (Å²) in [4.78, 5) is 0. The molecule has 1 aromatic carbocycles. The highest BCUT2D eigenvalue weighted by molar-refractivity contribution is 9.10. The van der Waals surface area contributed by atoms with Crippen LogP contribution in [0.25, 0.3) is 0 Å². The van der Waals surface area contributed by atoms with Crippen molar-refractivity contribution < 1.29 is 9.84 Å². The Morgan fingerprint density at radius 2 is 2.29 bits per heavy atom. The van der Waals surface area contributed by atoms with Gasteiger partial charge in [0.05, 0.1) is 12.7 Å². The largest absolute Gasteiger partial charge is 0.390 e. The third kappa shape index (κ3) is 2.16. The Kier molecular flexibility index (Phi) is 3.21. The third-order valence-corrected chi connectivity index (χ3v) is 3.10. The molecule has 0 bridgehead atoms. The first-order valence-electron chi connectivity index (χ1n) is 4.78. The van der Waals surface area contributed by atoms with Crippen LogP contribution in [0.3, 0.4) is 0 Å². The fourth-order valence-electron chi connectivity index (χ4n) is 1.85. The van der Waals surface area contributed by atoms with E-state index in [0.29, 0.717) is 6.61 Å². The van der Waals surface area contributed by atoms with Gasteiger partial charge in [0.15, 0.2) is 0 Å². The van der Waals surface area contributed by atoms with Crippen molar-refractivity contribution in [3.05, 3.63) is 34.3 Å². The molecule has 1 aliphatic heterocycles. The molecule has 0 aliphatic carbocycles. The van der Waals surface area contributed by atoms with Gasteiger partial charge in [0, 0.05) is 17.0 Å². The van der Waals surface area contributed by atoms with E-state index in [-0.39, 0.29) is 12.0 Å². The summed E-state index contributed by atoms with van der Waals surface area (Å²) in [5.41, 5.74) is 1.19. The van der Waals surface area contributed by atoms with Crippen LogP contribution in [0.2, 0.25) is 0 Å². The van der Waals surface area contributed by atoms with Gasteiger partial charge in [-0.15, -0.1) is 0 Å². The monoisotopic (exact) mass is 256 g/mol. The van der Waals surface area contributed by atoms with Gasteiger partial charge in [-0.05, 0) is 24.1 Å². The van der Waals surface area contributed by atoms with E-state index in [1.807, 2.05) is 12.1 Å². The smallest absolute Gasteiger partial charge is 0.0842 e. The van der Waals surface area contributed by atoms with Crippen molar-refractivity contribution in [2.75, 3.05) is 13.2 Å². The van der Waals surface area contributed by atoms with Crippen LogP contribution < -0.4 is 0 Å². The summed E-state index contributed by atoms with van der Waals surface area (Å²) in [5, 5.41) is 9.77. The summed E-state index contributed by atoms with van der Waals surface area (Å²) in [7, 11) is 0. The predicted octanol–water partition coefficient (Wildman–Crippen LogP) is 2.31. The summed E-state index contributed by atoms with van der Waals surface area (Å²) >= 11 is 3.44. The number of hydrogen-bond donors (Lipinski definition) is 1. The molecule has 2 nitrogen and oxygen atoms in total. The van der Waals surface area contributed by atoms with Crippen molar-refractivity contribution in [1.29, 1.82) is 0 Å². The maximum Gasteiger partial charge on any atom is 0.0842 e. The molecule has 1 unspecified atom stereocenters. The first-order valence-corrected chi connectivity index (χ1v) is 5.58. The van der Waals surface area contributed by atoms with Crippen LogP contribution in [0.1, 0.15) is 17.9 Å². The van der Waals surface area contributed by atoms with Gasteiger partial charge in [0.2, 0.25) is 0 Å². The quantitative estimate of drug-likeness (QED) is 0.836. The summed E-state index contributed by atoms with van der Waals surface area (Å²) < 4.78 is 6.27. The average molecular weight is 257 g/mol. The van der Waals surface area contributed by atoms with Gasteiger partial charge in [-0.1, -0.05) is 28.1 Å². The second-order valence-corrected chi connectivity index (χ2v) is 4.51. The van der Waals surface area contributed by atoms with E-state index < -0.39 is 0 Å². The summed E-state index contributed by atoms with van der Waals surface area (Å²) in [6, 6.07) is 8.12. The lowest BCUT2D eigenvalue weighted by Crippen LogP contribution is -2.30. The second kappa shape index (κ2) is 4.43. The van der Waals surface area contributed by atoms with Crippen LogP contribution in [0.4, 0.5) is 0 Å².